The van der Waals surface area contributed by atoms with Gasteiger partial charge in [0.25, 0.3) is 0 Å². The van der Waals surface area contributed by atoms with Gasteiger partial charge < -0.3 is 10.1 Å². The molecule has 1 N–H and O–H groups in total. The molecule has 0 aliphatic carbocycles. The molecule has 0 spiro atoms. The molecule has 1 aliphatic heterocycles. The Morgan fingerprint density at radius 3 is 3.18 bits per heavy atom. The topological polar surface area (TPSA) is 69.0 Å². The largest absolute Gasteiger partial charge is 0.379 e. The molecule has 94 valence electrons. The van der Waals surface area contributed by atoms with Crippen LogP contribution in [-0.4, -0.2) is 47.1 Å². The maximum Gasteiger partial charge on any atom is 0.189 e. The quantitative estimate of drug-likeness (QED) is 0.737. The number of ether oxygens (including phenoxy) is 1. The number of ketones is 1. The van der Waals surface area contributed by atoms with Gasteiger partial charge in [0.2, 0.25) is 0 Å². The SMILES string of the molecule is CCCn1nncc1C(=O)C1COCC1NC. The van der Waals surface area contributed by atoms with Crippen molar-refractivity contribution in [2.75, 3.05) is 20.3 Å². The predicted octanol–water partition coefficient (Wildman–Crippen LogP) is 0.105. The number of hydrogen-bond acceptors (Lipinski definition) is 5. The van der Waals surface area contributed by atoms with Crippen LogP contribution >= 0.6 is 0 Å². The first-order chi connectivity index (χ1) is 8.27. The molecule has 1 aromatic heterocycles. The highest BCUT2D eigenvalue weighted by Crippen LogP contribution is 2.18. The van der Waals surface area contributed by atoms with Gasteiger partial charge in [-0.05, 0) is 13.5 Å². The molecule has 2 rings (SSSR count). The summed E-state index contributed by atoms with van der Waals surface area (Å²) >= 11 is 0. The second-order valence-electron chi connectivity index (χ2n) is 4.25. The minimum absolute atomic E-state index is 0.0697. The lowest BCUT2D eigenvalue weighted by molar-refractivity contribution is 0.0881. The lowest BCUT2D eigenvalue weighted by Crippen LogP contribution is -2.37. The second kappa shape index (κ2) is 5.37. The van der Waals surface area contributed by atoms with Crippen molar-refractivity contribution >= 4 is 5.78 Å². The maximum absolute atomic E-state index is 12.4. The van der Waals surface area contributed by atoms with E-state index < -0.39 is 0 Å². The highest BCUT2D eigenvalue weighted by atomic mass is 16.5. The van der Waals surface area contributed by atoms with E-state index in [2.05, 4.69) is 15.6 Å². The summed E-state index contributed by atoms with van der Waals surface area (Å²) in [4.78, 5) is 12.4. The zero-order valence-corrected chi connectivity index (χ0v) is 10.2. The van der Waals surface area contributed by atoms with E-state index >= 15 is 0 Å². The summed E-state index contributed by atoms with van der Waals surface area (Å²) in [6, 6.07) is 0.0903. The molecular weight excluding hydrogens is 220 g/mol. The summed E-state index contributed by atoms with van der Waals surface area (Å²) < 4.78 is 7.02. The van der Waals surface area contributed by atoms with Crippen molar-refractivity contribution in [1.29, 1.82) is 0 Å². The van der Waals surface area contributed by atoms with Gasteiger partial charge in [0, 0.05) is 12.6 Å². The van der Waals surface area contributed by atoms with Crippen LogP contribution in [0.2, 0.25) is 0 Å². The van der Waals surface area contributed by atoms with E-state index in [-0.39, 0.29) is 17.7 Å². The van der Waals surface area contributed by atoms with Crippen LogP contribution in [0.25, 0.3) is 0 Å². The summed E-state index contributed by atoms with van der Waals surface area (Å²) in [5, 5.41) is 10.9. The molecule has 0 aromatic carbocycles. The molecule has 17 heavy (non-hydrogen) atoms. The van der Waals surface area contributed by atoms with Gasteiger partial charge in [-0.2, -0.15) is 0 Å². The van der Waals surface area contributed by atoms with E-state index in [1.54, 1.807) is 10.9 Å². The molecule has 1 fully saturated rings. The fourth-order valence-electron chi connectivity index (χ4n) is 2.11. The van der Waals surface area contributed by atoms with E-state index in [9.17, 15) is 4.79 Å². The van der Waals surface area contributed by atoms with Crippen molar-refractivity contribution in [3.05, 3.63) is 11.9 Å². The van der Waals surface area contributed by atoms with Crippen LogP contribution in [0.5, 0.6) is 0 Å². The van der Waals surface area contributed by atoms with Gasteiger partial charge in [-0.15, -0.1) is 5.10 Å². The fraction of sp³-hybridized carbons (Fsp3) is 0.727. The molecule has 1 aromatic rings. The minimum atomic E-state index is -0.130. The molecule has 0 saturated carbocycles. The first-order valence-electron chi connectivity index (χ1n) is 5.95. The number of aromatic nitrogens is 3. The number of aryl methyl sites for hydroxylation is 1. The Labute approximate surface area is 100 Å². The highest BCUT2D eigenvalue weighted by molar-refractivity contribution is 5.96. The Morgan fingerprint density at radius 2 is 2.47 bits per heavy atom. The monoisotopic (exact) mass is 238 g/mol. The van der Waals surface area contributed by atoms with Crippen LogP contribution in [0.4, 0.5) is 0 Å². The molecule has 0 bridgehead atoms. The van der Waals surface area contributed by atoms with Gasteiger partial charge >= 0.3 is 0 Å². The molecule has 1 aliphatic rings. The number of Topliss-reactive ketones (excluding diaryl/α,β-unsaturated/α-hetero) is 1. The Hall–Kier alpha value is -1.27. The van der Waals surface area contributed by atoms with Crippen molar-refractivity contribution in [3.63, 3.8) is 0 Å². The van der Waals surface area contributed by atoms with Crippen LogP contribution in [0, 0.1) is 5.92 Å². The van der Waals surface area contributed by atoms with Crippen LogP contribution in [0.1, 0.15) is 23.8 Å². The summed E-state index contributed by atoms with van der Waals surface area (Å²) in [7, 11) is 1.85. The zero-order valence-electron chi connectivity index (χ0n) is 10.2. The number of carbonyl (C=O) groups excluding carboxylic acids is 1. The molecule has 6 heteroatoms. The van der Waals surface area contributed by atoms with Gasteiger partial charge in [0.15, 0.2) is 5.78 Å². The first-order valence-corrected chi connectivity index (χ1v) is 5.95. The van der Waals surface area contributed by atoms with E-state index in [4.69, 9.17) is 4.74 Å². The van der Waals surface area contributed by atoms with Crippen LogP contribution in [-0.2, 0) is 11.3 Å². The smallest absolute Gasteiger partial charge is 0.189 e. The summed E-state index contributed by atoms with van der Waals surface area (Å²) in [5.74, 6) is -0.0607. The fourth-order valence-corrected chi connectivity index (χ4v) is 2.11. The number of likely N-dealkylation sites (N-methyl/N-ethyl adjacent to an activating group) is 1. The third-order valence-corrected chi connectivity index (χ3v) is 3.09. The van der Waals surface area contributed by atoms with Crippen LogP contribution in [0.3, 0.4) is 0 Å². The normalized spacial score (nSPS) is 24.1. The molecule has 0 amide bonds. The summed E-state index contributed by atoms with van der Waals surface area (Å²) in [6.45, 7) is 3.83. The summed E-state index contributed by atoms with van der Waals surface area (Å²) in [5.41, 5.74) is 0.586. The Bertz CT molecular complexity index is 391. The number of carbonyl (C=O) groups is 1. The second-order valence-corrected chi connectivity index (χ2v) is 4.25. The standard InChI is InChI=1S/C11H18N4O2/c1-3-4-15-10(5-13-14-15)11(16)8-6-17-7-9(8)12-2/h5,8-9,12H,3-4,6-7H2,1-2H3. The molecule has 2 heterocycles. The van der Waals surface area contributed by atoms with E-state index in [0.29, 0.717) is 18.9 Å². The highest BCUT2D eigenvalue weighted by Gasteiger charge is 2.35. The van der Waals surface area contributed by atoms with E-state index in [1.165, 1.54) is 0 Å². The minimum Gasteiger partial charge on any atom is -0.379 e. The maximum atomic E-state index is 12.4. The molecule has 2 atom stereocenters. The van der Waals surface area contributed by atoms with Crippen LogP contribution in [0.15, 0.2) is 6.20 Å². The van der Waals surface area contributed by atoms with Crippen molar-refractivity contribution in [3.8, 4) is 0 Å². The third kappa shape index (κ3) is 2.37. The Morgan fingerprint density at radius 1 is 1.65 bits per heavy atom. The number of nitrogens with one attached hydrogen (secondary N) is 1. The molecule has 1 saturated heterocycles. The van der Waals surface area contributed by atoms with Crippen LogP contribution < -0.4 is 5.32 Å². The van der Waals surface area contributed by atoms with Crippen molar-refractivity contribution < 1.29 is 9.53 Å². The van der Waals surface area contributed by atoms with Crippen molar-refractivity contribution in [1.82, 2.24) is 20.3 Å². The van der Waals surface area contributed by atoms with Crippen molar-refractivity contribution in [2.24, 2.45) is 5.92 Å². The van der Waals surface area contributed by atoms with E-state index in [0.717, 1.165) is 13.0 Å². The lowest BCUT2D eigenvalue weighted by atomic mass is 9.96. The van der Waals surface area contributed by atoms with Gasteiger partial charge in [0.1, 0.15) is 5.69 Å². The average molecular weight is 238 g/mol. The van der Waals surface area contributed by atoms with Crippen molar-refractivity contribution in [2.45, 2.75) is 25.9 Å². The van der Waals surface area contributed by atoms with Gasteiger partial charge in [-0.1, -0.05) is 12.1 Å². The van der Waals surface area contributed by atoms with Gasteiger partial charge in [0.05, 0.1) is 25.3 Å². The molecule has 6 nitrogen and oxygen atoms in total. The predicted molar refractivity (Wildman–Crippen MR) is 61.8 cm³/mol. The molecular formula is C11H18N4O2. The summed E-state index contributed by atoms with van der Waals surface area (Å²) in [6.07, 6.45) is 2.48. The van der Waals surface area contributed by atoms with E-state index in [1.807, 2.05) is 14.0 Å². The Kier molecular flexibility index (Phi) is 3.86. The Balaban J connectivity index is 2.15. The van der Waals surface area contributed by atoms with Gasteiger partial charge in [-0.25, -0.2) is 4.68 Å². The third-order valence-electron chi connectivity index (χ3n) is 3.09. The van der Waals surface area contributed by atoms with Gasteiger partial charge in [-0.3, -0.25) is 4.79 Å². The zero-order chi connectivity index (χ0) is 12.3. The number of hydrogen-bond donors (Lipinski definition) is 1. The molecule has 2 unspecified atom stereocenters. The number of rotatable bonds is 5. The lowest BCUT2D eigenvalue weighted by Gasteiger charge is -2.15. The average Bonchev–Trinajstić information content (AvgIpc) is 2.96. The number of nitrogens with zero attached hydrogens (tertiary/aromatic N) is 3. The molecule has 0 radical (unpaired) electrons. The first kappa shape index (κ1) is 12.2.